The molecule has 1 aromatic rings. The molecule has 0 radical (unpaired) electrons. The maximum absolute atomic E-state index is 11.6. The molecule has 1 atom stereocenters. The van der Waals surface area contributed by atoms with Gasteiger partial charge in [0.1, 0.15) is 11.3 Å². The molecule has 20 heavy (non-hydrogen) atoms. The van der Waals surface area contributed by atoms with Gasteiger partial charge in [0.05, 0.1) is 6.10 Å². The molecule has 1 unspecified atom stereocenters. The molecular weight excluding hydrogens is 264 g/mol. The molecule has 108 valence electrons. The quantitative estimate of drug-likeness (QED) is 0.666. The van der Waals surface area contributed by atoms with Crippen molar-refractivity contribution in [2.75, 3.05) is 18.5 Å². The number of hydrogen-bond acceptors (Lipinski definition) is 4. The number of urea groups is 1. The zero-order valence-corrected chi connectivity index (χ0v) is 10.8. The maximum Gasteiger partial charge on any atom is 0.339 e. The molecule has 2 amide bonds. The van der Waals surface area contributed by atoms with Crippen LogP contribution in [0.25, 0.3) is 0 Å². The Balaban J connectivity index is 1.87. The third-order valence-electron chi connectivity index (χ3n) is 3.00. The van der Waals surface area contributed by atoms with Gasteiger partial charge < -0.3 is 25.6 Å². The molecule has 1 aromatic carbocycles. The second-order valence-corrected chi connectivity index (χ2v) is 4.51. The number of rotatable bonds is 4. The van der Waals surface area contributed by atoms with Crippen molar-refractivity contribution >= 4 is 17.7 Å². The van der Waals surface area contributed by atoms with E-state index in [4.69, 9.17) is 9.84 Å². The van der Waals surface area contributed by atoms with Gasteiger partial charge in [-0.2, -0.15) is 0 Å². The normalized spacial score (nSPS) is 17.7. The molecule has 1 saturated heterocycles. The molecule has 0 spiro atoms. The van der Waals surface area contributed by atoms with Crippen LogP contribution in [-0.4, -0.2) is 41.5 Å². The van der Waals surface area contributed by atoms with Crippen LogP contribution in [0.15, 0.2) is 18.2 Å². The molecular formula is C13H16N2O5. The zero-order valence-electron chi connectivity index (χ0n) is 10.8. The molecule has 1 heterocycles. The number of hydrogen-bond donors (Lipinski definition) is 4. The van der Waals surface area contributed by atoms with Crippen LogP contribution in [-0.2, 0) is 4.74 Å². The van der Waals surface area contributed by atoms with Gasteiger partial charge in [0.15, 0.2) is 0 Å². The van der Waals surface area contributed by atoms with E-state index in [-0.39, 0.29) is 11.7 Å². The van der Waals surface area contributed by atoms with Crippen LogP contribution in [0.5, 0.6) is 5.75 Å². The second kappa shape index (κ2) is 6.25. The van der Waals surface area contributed by atoms with E-state index in [1.54, 1.807) is 0 Å². The number of amides is 2. The van der Waals surface area contributed by atoms with Crippen molar-refractivity contribution in [3.63, 3.8) is 0 Å². The van der Waals surface area contributed by atoms with E-state index in [9.17, 15) is 14.7 Å². The van der Waals surface area contributed by atoms with Crippen molar-refractivity contribution in [3.8, 4) is 5.75 Å². The number of nitrogens with one attached hydrogen (secondary N) is 2. The number of carboxylic acids is 1. The first kappa shape index (κ1) is 14.1. The van der Waals surface area contributed by atoms with Crippen LogP contribution in [0.4, 0.5) is 10.5 Å². The number of carbonyl (C=O) groups excluding carboxylic acids is 1. The second-order valence-electron chi connectivity index (χ2n) is 4.51. The van der Waals surface area contributed by atoms with Gasteiger partial charge in [-0.25, -0.2) is 9.59 Å². The van der Waals surface area contributed by atoms with Gasteiger partial charge in [0.25, 0.3) is 0 Å². The summed E-state index contributed by atoms with van der Waals surface area (Å²) in [6.45, 7) is 1.14. The summed E-state index contributed by atoms with van der Waals surface area (Å²) in [5.74, 6) is -1.62. The Morgan fingerprint density at radius 3 is 2.80 bits per heavy atom. The molecule has 0 aromatic heterocycles. The summed E-state index contributed by atoms with van der Waals surface area (Å²) in [6, 6.07) is 3.40. The van der Waals surface area contributed by atoms with Crippen molar-refractivity contribution in [1.82, 2.24) is 5.32 Å². The first-order chi connectivity index (χ1) is 9.56. The monoisotopic (exact) mass is 280 g/mol. The Hall–Kier alpha value is -2.28. The SMILES string of the molecule is O=C(NCC1CCCO1)Nc1ccc(C(=O)O)c(O)c1. The minimum atomic E-state index is -1.23. The summed E-state index contributed by atoms with van der Waals surface area (Å²) < 4.78 is 5.37. The predicted molar refractivity (Wildman–Crippen MR) is 71.1 cm³/mol. The van der Waals surface area contributed by atoms with Gasteiger partial charge in [-0.1, -0.05) is 0 Å². The van der Waals surface area contributed by atoms with Gasteiger partial charge in [-0.15, -0.1) is 0 Å². The van der Waals surface area contributed by atoms with Gasteiger partial charge >= 0.3 is 12.0 Å². The lowest BCUT2D eigenvalue weighted by atomic mass is 10.2. The lowest BCUT2D eigenvalue weighted by Gasteiger charge is -2.12. The number of anilines is 1. The fourth-order valence-corrected chi connectivity index (χ4v) is 1.98. The number of carbonyl (C=O) groups is 2. The summed E-state index contributed by atoms with van der Waals surface area (Å²) in [5, 5.41) is 23.4. The van der Waals surface area contributed by atoms with Crippen molar-refractivity contribution in [1.29, 1.82) is 0 Å². The molecule has 0 saturated carbocycles. The third-order valence-corrected chi connectivity index (χ3v) is 3.00. The summed E-state index contributed by atoms with van der Waals surface area (Å²) >= 11 is 0. The Morgan fingerprint density at radius 2 is 2.20 bits per heavy atom. The largest absolute Gasteiger partial charge is 0.507 e. The minimum absolute atomic E-state index is 0.0449. The van der Waals surface area contributed by atoms with E-state index in [0.29, 0.717) is 12.2 Å². The van der Waals surface area contributed by atoms with Crippen LogP contribution in [0.3, 0.4) is 0 Å². The standard InChI is InChI=1S/C13H16N2O5/c16-11-6-8(3-4-10(11)12(17)18)15-13(19)14-7-9-2-1-5-20-9/h3-4,6,9,16H,1-2,5,7H2,(H,17,18)(H2,14,15,19). The average Bonchev–Trinajstić information content (AvgIpc) is 2.89. The number of carboxylic acid groups (broad SMARTS) is 1. The number of ether oxygens (including phenoxy) is 1. The number of aromatic hydroxyl groups is 1. The molecule has 1 aliphatic heterocycles. The number of aromatic carboxylic acids is 1. The van der Waals surface area contributed by atoms with Crippen LogP contribution in [0.1, 0.15) is 23.2 Å². The van der Waals surface area contributed by atoms with E-state index in [1.165, 1.54) is 18.2 Å². The molecule has 0 bridgehead atoms. The lowest BCUT2D eigenvalue weighted by Crippen LogP contribution is -2.35. The third kappa shape index (κ3) is 3.61. The van der Waals surface area contributed by atoms with E-state index < -0.39 is 17.7 Å². The first-order valence-electron chi connectivity index (χ1n) is 6.29. The molecule has 7 heteroatoms. The molecule has 4 N–H and O–H groups in total. The molecule has 1 aliphatic rings. The average molecular weight is 280 g/mol. The van der Waals surface area contributed by atoms with Crippen LogP contribution in [0.2, 0.25) is 0 Å². The highest BCUT2D eigenvalue weighted by Crippen LogP contribution is 2.21. The van der Waals surface area contributed by atoms with E-state index in [0.717, 1.165) is 19.4 Å². The Bertz CT molecular complexity index is 511. The molecule has 1 fully saturated rings. The summed E-state index contributed by atoms with van der Waals surface area (Å²) in [6.07, 6.45) is 1.97. The highest BCUT2D eigenvalue weighted by Gasteiger charge is 2.16. The summed E-state index contributed by atoms with van der Waals surface area (Å²) in [4.78, 5) is 22.4. The number of benzene rings is 1. The fraction of sp³-hybridized carbons (Fsp3) is 0.385. The van der Waals surface area contributed by atoms with Gasteiger partial charge in [0, 0.05) is 24.9 Å². The minimum Gasteiger partial charge on any atom is -0.507 e. The maximum atomic E-state index is 11.6. The van der Waals surface area contributed by atoms with Crippen molar-refractivity contribution in [3.05, 3.63) is 23.8 Å². The molecule has 7 nitrogen and oxygen atoms in total. The van der Waals surface area contributed by atoms with Crippen molar-refractivity contribution < 1.29 is 24.5 Å². The van der Waals surface area contributed by atoms with E-state index in [2.05, 4.69) is 10.6 Å². The zero-order chi connectivity index (χ0) is 14.5. The topological polar surface area (TPSA) is 108 Å². The van der Waals surface area contributed by atoms with Gasteiger partial charge in [-0.3, -0.25) is 0 Å². The van der Waals surface area contributed by atoms with Crippen molar-refractivity contribution in [2.24, 2.45) is 0 Å². The van der Waals surface area contributed by atoms with Crippen LogP contribution < -0.4 is 10.6 Å². The van der Waals surface area contributed by atoms with E-state index in [1.807, 2.05) is 0 Å². The fourth-order valence-electron chi connectivity index (χ4n) is 1.98. The van der Waals surface area contributed by atoms with Gasteiger partial charge in [0.2, 0.25) is 0 Å². The molecule has 0 aliphatic carbocycles. The summed E-state index contributed by atoms with van der Waals surface area (Å²) in [5.41, 5.74) is 0.104. The molecule has 2 rings (SSSR count). The predicted octanol–water partition coefficient (Wildman–Crippen LogP) is 1.39. The van der Waals surface area contributed by atoms with E-state index >= 15 is 0 Å². The summed E-state index contributed by atoms with van der Waals surface area (Å²) in [7, 11) is 0. The Kier molecular flexibility index (Phi) is 4.41. The number of phenols is 1. The van der Waals surface area contributed by atoms with Gasteiger partial charge in [-0.05, 0) is 25.0 Å². The lowest BCUT2D eigenvalue weighted by molar-refractivity contribution is 0.0693. The highest BCUT2D eigenvalue weighted by atomic mass is 16.5. The Labute approximate surface area is 115 Å². The van der Waals surface area contributed by atoms with Crippen LogP contribution >= 0.6 is 0 Å². The van der Waals surface area contributed by atoms with Crippen molar-refractivity contribution in [2.45, 2.75) is 18.9 Å². The smallest absolute Gasteiger partial charge is 0.339 e. The highest BCUT2D eigenvalue weighted by molar-refractivity contribution is 5.93. The Morgan fingerprint density at radius 1 is 1.40 bits per heavy atom. The van der Waals surface area contributed by atoms with Crippen LogP contribution in [0, 0.1) is 0 Å². The first-order valence-corrected chi connectivity index (χ1v) is 6.29.